The van der Waals surface area contributed by atoms with Gasteiger partial charge in [0.05, 0.1) is 19.9 Å². The van der Waals surface area contributed by atoms with Crippen molar-refractivity contribution in [1.29, 1.82) is 0 Å². The molecule has 1 heterocycles. The third-order valence-electron chi connectivity index (χ3n) is 2.28. The first kappa shape index (κ1) is 13.3. The van der Waals surface area contributed by atoms with Gasteiger partial charge in [0.2, 0.25) is 0 Å². The second-order valence-electron chi connectivity index (χ2n) is 3.58. The number of nitrogens with zero attached hydrogens (tertiary/aromatic N) is 2. The van der Waals surface area contributed by atoms with E-state index in [2.05, 4.69) is 23.3 Å². The molecule has 5 nitrogen and oxygen atoms in total. The molecule has 92 valence electrons. The van der Waals surface area contributed by atoms with E-state index in [4.69, 9.17) is 11.2 Å². The zero-order valence-electron chi connectivity index (χ0n) is 10.1. The molecule has 1 atom stereocenters. The molecule has 1 N–H and O–H groups in total. The van der Waals surface area contributed by atoms with Gasteiger partial charge in [-0.25, -0.2) is 4.79 Å². The van der Waals surface area contributed by atoms with E-state index in [-0.39, 0.29) is 5.97 Å². The highest BCUT2D eigenvalue weighted by Gasteiger charge is 2.21. The molecule has 0 bridgehead atoms. The van der Waals surface area contributed by atoms with Crippen LogP contribution in [-0.4, -0.2) is 29.4 Å². The lowest BCUT2D eigenvalue weighted by atomic mass is 10.1. The van der Waals surface area contributed by atoms with Crippen LogP contribution in [0, 0.1) is 12.3 Å². The van der Waals surface area contributed by atoms with Crippen LogP contribution in [0.4, 0.5) is 0 Å². The van der Waals surface area contributed by atoms with E-state index in [0.29, 0.717) is 6.54 Å². The van der Waals surface area contributed by atoms with Gasteiger partial charge in [-0.1, -0.05) is 12.8 Å². The molecule has 1 rings (SSSR count). The minimum absolute atomic E-state index is 0.304. The Balaban J connectivity index is 2.80. The maximum absolute atomic E-state index is 11.6. The summed E-state index contributed by atoms with van der Waals surface area (Å²) in [6.07, 6.45) is 9.63. The molecule has 0 amide bonds. The number of hydrogen-bond donors (Lipinski definition) is 1. The minimum Gasteiger partial charge on any atom is -0.468 e. The highest BCUT2D eigenvalue weighted by atomic mass is 16.5. The number of carbonyl (C=O) groups excluding carboxylic acids is 1. The summed E-state index contributed by atoms with van der Waals surface area (Å²) in [5, 5.41) is 7.10. The van der Waals surface area contributed by atoms with Crippen LogP contribution in [0.1, 0.15) is 24.9 Å². The lowest BCUT2D eigenvalue weighted by Crippen LogP contribution is -2.29. The molecule has 0 aliphatic carbocycles. The number of esters is 1. The monoisotopic (exact) mass is 235 g/mol. The van der Waals surface area contributed by atoms with Gasteiger partial charge >= 0.3 is 5.97 Å². The lowest BCUT2D eigenvalue weighted by Gasteiger charge is -2.12. The fraction of sp³-hybridized carbons (Fsp3) is 0.500. The first-order chi connectivity index (χ1) is 8.22. The highest BCUT2D eigenvalue weighted by Crippen LogP contribution is 2.13. The van der Waals surface area contributed by atoms with Crippen LogP contribution in [0.3, 0.4) is 0 Å². The number of terminal acetylenes is 1. The van der Waals surface area contributed by atoms with E-state index < -0.39 is 6.04 Å². The van der Waals surface area contributed by atoms with Gasteiger partial charge in [-0.3, -0.25) is 10.00 Å². The molecule has 1 aromatic heterocycles. The predicted octanol–water partition coefficient (Wildman–Crippen LogP) is 0.730. The summed E-state index contributed by atoms with van der Waals surface area (Å²) in [7, 11) is 1.35. The normalized spacial score (nSPS) is 11.8. The van der Waals surface area contributed by atoms with E-state index in [1.807, 2.05) is 6.20 Å². The summed E-state index contributed by atoms with van der Waals surface area (Å²) in [4.78, 5) is 11.6. The molecule has 5 heteroatoms. The van der Waals surface area contributed by atoms with E-state index in [1.54, 1.807) is 10.9 Å². The number of nitrogens with one attached hydrogen (secondary N) is 1. The number of methoxy groups -OCH3 is 1. The molecular formula is C12H17N3O2. The predicted molar refractivity (Wildman–Crippen MR) is 64.1 cm³/mol. The van der Waals surface area contributed by atoms with Crippen LogP contribution in [0.25, 0.3) is 0 Å². The van der Waals surface area contributed by atoms with Gasteiger partial charge in [0, 0.05) is 18.3 Å². The summed E-state index contributed by atoms with van der Waals surface area (Å²) >= 11 is 0. The van der Waals surface area contributed by atoms with E-state index in [9.17, 15) is 4.79 Å². The fourth-order valence-electron chi connectivity index (χ4n) is 1.50. The summed E-state index contributed by atoms with van der Waals surface area (Å²) in [5.74, 6) is 2.07. The molecule has 1 unspecified atom stereocenters. The first-order valence-corrected chi connectivity index (χ1v) is 5.50. The molecule has 1 aromatic rings. The van der Waals surface area contributed by atoms with Crippen molar-refractivity contribution in [2.45, 2.75) is 25.9 Å². The van der Waals surface area contributed by atoms with Crippen molar-refractivity contribution < 1.29 is 9.53 Å². The van der Waals surface area contributed by atoms with Crippen molar-refractivity contribution in [3.63, 3.8) is 0 Å². The molecule has 0 aliphatic heterocycles. The van der Waals surface area contributed by atoms with Crippen LogP contribution in [-0.2, 0) is 16.1 Å². The van der Waals surface area contributed by atoms with Crippen molar-refractivity contribution in [3.8, 4) is 12.3 Å². The van der Waals surface area contributed by atoms with Crippen molar-refractivity contribution in [2.24, 2.45) is 0 Å². The van der Waals surface area contributed by atoms with E-state index in [0.717, 1.165) is 18.5 Å². The Morgan fingerprint density at radius 3 is 3.12 bits per heavy atom. The molecule has 0 radical (unpaired) electrons. The van der Waals surface area contributed by atoms with Gasteiger partial charge in [0.15, 0.2) is 0 Å². The van der Waals surface area contributed by atoms with Crippen molar-refractivity contribution in [2.75, 3.05) is 13.7 Å². The Morgan fingerprint density at radius 2 is 2.53 bits per heavy atom. The number of rotatable bonds is 6. The standard InChI is InChI=1S/C12H17N3O2/c1-4-6-13-11(12(16)17-3)10-8-14-15(9-10)7-5-2/h1,8-9,11,13H,5-7H2,2-3H3. The van der Waals surface area contributed by atoms with Gasteiger partial charge in [-0.2, -0.15) is 5.10 Å². The van der Waals surface area contributed by atoms with Crippen molar-refractivity contribution in [3.05, 3.63) is 18.0 Å². The SMILES string of the molecule is C#CCNC(C(=O)OC)c1cnn(CCC)c1. The van der Waals surface area contributed by atoms with Gasteiger partial charge < -0.3 is 4.74 Å². The maximum Gasteiger partial charge on any atom is 0.327 e. The van der Waals surface area contributed by atoms with Gasteiger partial charge in [-0.05, 0) is 6.42 Å². The van der Waals surface area contributed by atoms with Crippen molar-refractivity contribution >= 4 is 5.97 Å². The van der Waals surface area contributed by atoms with E-state index >= 15 is 0 Å². The molecule has 0 saturated carbocycles. The molecule has 17 heavy (non-hydrogen) atoms. The molecule has 0 spiro atoms. The summed E-state index contributed by atoms with van der Waals surface area (Å²) in [6, 6.07) is -0.554. The lowest BCUT2D eigenvalue weighted by molar-refractivity contribution is -0.143. The fourth-order valence-corrected chi connectivity index (χ4v) is 1.50. The third kappa shape index (κ3) is 3.61. The first-order valence-electron chi connectivity index (χ1n) is 5.50. The zero-order chi connectivity index (χ0) is 12.7. The largest absolute Gasteiger partial charge is 0.468 e. The Hall–Kier alpha value is -1.80. The zero-order valence-corrected chi connectivity index (χ0v) is 10.1. The topological polar surface area (TPSA) is 56.1 Å². The maximum atomic E-state index is 11.6. The highest BCUT2D eigenvalue weighted by molar-refractivity contribution is 5.77. The van der Waals surface area contributed by atoms with Crippen LogP contribution in [0.5, 0.6) is 0 Å². The average molecular weight is 235 g/mol. The Bertz CT molecular complexity index is 406. The van der Waals surface area contributed by atoms with Crippen LogP contribution in [0.15, 0.2) is 12.4 Å². The number of aromatic nitrogens is 2. The van der Waals surface area contributed by atoms with Gasteiger partial charge in [-0.15, -0.1) is 6.42 Å². The number of aryl methyl sites for hydroxylation is 1. The summed E-state index contributed by atoms with van der Waals surface area (Å²) < 4.78 is 6.52. The number of ether oxygens (including phenoxy) is 1. The van der Waals surface area contributed by atoms with Crippen molar-refractivity contribution in [1.82, 2.24) is 15.1 Å². The average Bonchev–Trinajstić information content (AvgIpc) is 2.78. The number of hydrogen-bond acceptors (Lipinski definition) is 4. The Morgan fingerprint density at radius 1 is 1.76 bits per heavy atom. The molecule has 0 aromatic carbocycles. The molecular weight excluding hydrogens is 218 g/mol. The van der Waals surface area contributed by atoms with Crippen LogP contribution >= 0.6 is 0 Å². The Kier molecular flexibility index (Phi) is 5.24. The summed E-state index contributed by atoms with van der Waals surface area (Å²) in [5.41, 5.74) is 0.764. The second-order valence-corrected chi connectivity index (χ2v) is 3.58. The molecule has 0 fully saturated rings. The van der Waals surface area contributed by atoms with Gasteiger partial charge in [0.25, 0.3) is 0 Å². The molecule has 0 saturated heterocycles. The number of carbonyl (C=O) groups is 1. The van der Waals surface area contributed by atoms with E-state index in [1.165, 1.54) is 7.11 Å². The third-order valence-corrected chi connectivity index (χ3v) is 2.28. The quantitative estimate of drug-likeness (QED) is 0.583. The second kappa shape index (κ2) is 6.71. The van der Waals surface area contributed by atoms with Crippen LogP contribution < -0.4 is 5.32 Å². The van der Waals surface area contributed by atoms with Gasteiger partial charge in [0.1, 0.15) is 6.04 Å². The summed E-state index contributed by atoms with van der Waals surface area (Å²) in [6.45, 7) is 3.19. The minimum atomic E-state index is -0.554. The van der Waals surface area contributed by atoms with Crippen LogP contribution in [0.2, 0.25) is 0 Å². The smallest absolute Gasteiger partial charge is 0.327 e. The molecule has 0 aliphatic rings. The Labute approximate surface area is 101 Å².